The first-order chi connectivity index (χ1) is 44.5. The molecule has 0 spiro atoms. The summed E-state index contributed by atoms with van der Waals surface area (Å²) >= 11 is 3.63. The minimum Gasteiger partial charge on any atom is -0.497 e. The monoisotopic (exact) mass is 1410 g/mol. The summed E-state index contributed by atoms with van der Waals surface area (Å²) in [5.74, 6) is 4.54. The van der Waals surface area contributed by atoms with Crippen LogP contribution in [0.25, 0.3) is 33.4 Å². The second-order valence-electron chi connectivity index (χ2n) is 31.1. The first-order valence-electron chi connectivity index (χ1n) is 33.0. The van der Waals surface area contributed by atoms with Crippen LogP contribution in [0.4, 0.5) is 0 Å². The molecule has 0 atom stereocenters. The summed E-state index contributed by atoms with van der Waals surface area (Å²) in [6, 6.07) is 35.7. The van der Waals surface area contributed by atoms with Gasteiger partial charge in [-0.3, -0.25) is 0 Å². The van der Waals surface area contributed by atoms with Crippen molar-refractivity contribution in [2.75, 3.05) is 14.2 Å². The Morgan fingerprint density at radius 2 is 0.812 bits per heavy atom. The summed E-state index contributed by atoms with van der Waals surface area (Å²) < 4.78 is 77.3. The molecule has 0 N–H and O–H groups in total. The van der Waals surface area contributed by atoms with Crippen LogP contribution in [-0.4, -0.2) is 115 Å². The molecule has 24 heteroatoms. The number of benzene rings is 4. The molecule has 3 aliphatic rings. The van der Waals surface area contributed by atoms with Gasteiger partial charge < -0.3 is 55.7 Å². The molecular weight excluding hydrogens is 1310 g/mol. The molecule has 3 fully saturated rings. The fraction of sp³-hybridized carbons (Fsp3) is 0.500. The van der Waals surface area contributed by atoms with Crippen molar-refractivity contribution in [2.24, 2.45) is 0 Å². The van der Waals surface area contributed by atoms with E-state index in [2.05, 4.69) is 123 Å². The lowest BCUT2D eigenvalue weighted by Gasteiger charge is -2.36. The lowest BCUT2D eigenvalue weighted by molar-refractivity contribution is 0.00578. The zero-order chi connectivity index (χ0) is 70.4. The third-order valence-electron chi connectivity index (χ3n) is 20.5. The fourth-order valence-corrected chi connectivity index (χ4v) is 12.2. The van der Waals surface area contributed by atoms with Crippen LogP contribution in [0, 0.1) is 0 Å². The van der Waals surface area contributed by atoms with Gasteiger partial charge in [-0.1, -0.05) is 93.9 Å². The molecule has 0 radical (unpaired) electrons. The van der Waals surface area contributed by atoms with E-state index in [9.17, 15) is 0 Å². The SMILES string of the molecule is CC1(C)OB(B2OC(C)(C)C(C)(C)O2)OC1(C)C.COc1ccc(COc2cc(B3OC(C)(C)C(C)(C)O3)cc3c2cnn3-c2cccc(CO[Si](C)(C)C(C)(C)C)n2)cc1.COc1ccc(COc2cc(Br)cc3c2cnn3-c2cccc(CO[Si](C)(C)C(C)(C)C)n2)cc1. The number of nitrogens with zero attached hydrogens (tertiary/aromatic N) is 6. The standard InChI is InChI=1S/C33H44BN3O5Si.C27H32BrN3O3Si.C12H24B2O4/c1-31(2,3)43(9,10)40-22-25-12-11-13-30(36-25)37-28-18-24(34-41-32(4,5)33(6,7)42-34)19-29(27(28)20-35-37)39-21-23-14-16-26(38-8)17-15-23;1-27(2,3)35(5,6)34-18-21-8-7-9-26(30-21)31-24-14-20(28)15-25(23(24)16-29-31)33-17-19-10-12-22(32-4)13-11-19;1-9(2)10(3,4)16-13(15-9)14-17-11(5,6)12(7,8)18-14/h11-20H,21-22H2,1-10H3;7-16H,17-18H2,1-6H3;1-8H3. The zero-order valence-corrected chi connectivity index (χ0v) is 64.7. The van der Waals surface area contributed by atoms with Gasteiger partial charge in [-0.25, -0.2) is 19.3 Å². The van der Waals surface area contributed by atoms with Gasteiger partial charge in [0, 0.05) is 4.47 Å². The highest BCUT2D eigenvalue weighted by molar-refractivity contribution is 9.10. The molecule has 96 heavy (non-hydrogen) atoms. The number of fused-ring (bicyclic) bond motifs is 2. The third-order valence-corrected chi connectivity index (χ3v) is 29.9. The van der Waals surface area contributed by atoms with Gasteiger partial charge in [0.1, 0.15) is 36.2 Å². The van der Waals surface area contributed by atoms with Crippen LogP contribution >= 0.6 is 15.9 Å². The first kappa shape index (κ1) is 74.3. The molecule has 3 aliphatic heterocycles. The highest BCUT2D eigenvalue weighted by Crippen LogP contribution is 2.44. The predicted molar refractivity (Wildman–Crippen MR) is 392 cm³/mol. The Bertz CT molecular complexity index is 3920. The second-order valence-corrected chi connectivity index (χ2v) is 41.6. The van der Waals surface area contributed by atoms with Crippen molar-refractivity contribution in [3.8, 4) is 34.6 Å². The van der Waals surface area contributed by atoms with Crippen LogP contribution in [0.15, 0.2) is 126 Å². The van der Waals surface area contributed by atoms with Crippen molar-refractivity contribution in [3.63, 3.8) is 0 Å². The number of hydrogen-bond acceptors (Lipinski definition) is 16. The molecule has 7 heterocycles. The Morgan fingerprint density at radius 1 is 0.458 bits per heavy atom. The minimum atomic E-state index is -1.93. The van der Waals surface area contributed by atoms with Crippen LogP contribution in [-0.2, 0) is 63.2 Å². The van der Waals surface area contributed by atoms with Crippen LogP contribution in [0.3, 0.4) is 0 Å². The lowest BCUT2D eigenvalue weighted by atomic mass is 9.49. The summed E-state index contributed by atoms with van der Waals surface area (Å²) in [7, 11) is -1.98. The van der Waals surface area contributed by atoms with Gasteiger partial charge in [0.25, 0.3) is 0 Å². The van der Waals surface area contributed by atoms with Gasteiger partial charge in [0.2, 0.25) is 0 Å². The van der Waals surface area contributed by atoms with Crippen molar-refractivity contribution in [2.45, 2.75) is 221 Å². The largest absolute Gasteiger partial charge is 0.497 e. The maximum atomic E-state index is 6.46. The Hall–Kier alpha value is -5.89. The molecule has 11 rings (SSSR count). The summed E-state index contributed by atoms with van der Waals surface area (Å²) in [5, 5.41) is 11.5. The number of pyridine rings is 2. The van der Waals surface area contributed by atoms with Crippen molar-refractivity contribution < 1.29 is 55.7 Å². The van der Waals surface area contributed by atoms with Gasteiger partial charge in [0.15, 0.2) is 28.3 Å². The Kier molecular flexibility index (Phi) is 21.7. The summed E-state index contributed by atoms with van der Waals surface area (Å²) in [6.07, 6.45) is 3.65. The maximum absolute atomic E-state index is 6.46. The van der Waals surface area contributed by atoms with E-state index in [4.69, 9.17) is 70.8 Å². The van der Waals surface area contributed by atoms with E-state index in [1.54, 1.807) is 14.2 Å². The summed E-state index contributed by atoms with van der Waals surface area (Å²) in [6.45, 7) is 48.7. The molecule has 18 nitrogen and oxygen atoms in total. The molecule has 8 aromatic rings. The average Bonchev–Trinajstić information content (AvgIpc) is 1.60. The number of rotatable bonds is 18. The molecule has 0 bridgehead atoms. The smallest absolute Gasteiger partial charge is 0.495 e. The van der Waals surface area contributed by atoms with Gasteiger partial charge in [-0.15, -0.1) is 0 Å². The van der Waals surface area contributed by atoms with Crippen LogP contribution in [0.5, 0.6) is 23.0 Å². The minimum absolute atomic E-state index is 0.120. The van der Waals surface area contributed by atoms with Crippen LogP contribution < -0.4 is 24.4 Å². The van der Waals surface area contributed by atoms with Crippen molar-refractivity contribution in [3.05, 3.63) is 149 Å². The molecule has 514 valence electrons. The van der Waals surface area contributed by atoms with E-state index in [0.717, 1.165) is 77.3 Å². The summed E-state index contributed by atoms with van der Waals surface area (Å²) in [5.41, 5.74) is 4.08. The number of methoxy groups -OCH3 is 2. The molecule has 0 amide bonds. The molecular formula is C72H100B3BrN6O12Si2. The maximum Gasteiger partial charge on any atom is 0.495 e. The quantitative estimate of drug-likeness (QED) is 0.0742. The number of hydrogen-bond donors (Lipinski definition) is 0. The van der Waals surface area contributed by atoms with Crippen LogP contribution in [0.1, 0.15) is 147 Å². The van der Waals surface area contributed by atoms with Gasteiger partial charge in [-0.05, 0) is 209 Å². The number of aromatic nitrogens is 6. The first-order valence-corrected chi connectivity index (χ1v) is 39.6. The predicted octanol–water partition coefficient (Wildman–Crippen LogP) is 16.4. The molecule has 4 aromatic heterocycles. The fourth-order valence-electron chi connectivity index (χ4n) is 9.93. The van der Waals surface area contributed by atoms with E-state index in [-0.39, 0.29) is 32.5 Å². The topological polar surface area (TPSA) is 172 Å². The number of ether oxygens (including phenoxy) is 4. The highest BCUT2D eigenvalue weighted by Gasteiger charge is 2.64. The highest BCUT2D eigenvalue weighted by atomic mass is 79.9. The van der Waals surface area contributed by atoms with Gasteiger partial charge >= 0.3 is 21.1 Å². The third kappa shape index (κ3) is 16.5. The Balaban J connectivity index is 0.000000182. The van der Waals surface area contributed by atoms with E-state index < -0.39 is 49.0 Å². The molecule has 0 aliphatic carbocycles. The lowest BCUT2D eigenvalue weighted by Crippen LogP contribution is -2.41. The zero-order valence-electron chi connectivity index (χ0n) is 61.1. The Morgan fingerprint density at radius 3 is 1.18 bits per heavy atom. The van der Waals surface area contributed by atoms with Crippen molar-refractivity contribution in [1.82, 2.24) is 29.5 Å². The summed E-state index contributed by atoms with van der Waals surface area (Å²) in [4.78, 5) is 9.80. The van der Waals surface area contributed by atoms with Crippen molar-refractivity contribution >= 4 is 81.0 Å². The van der Waals surface area contributed by atoms with Crippen LogP contribution in [0.2, 0.25) is 36.3 Å². The average molecular weight is 1410 g/mol. The second kappa shape index (κ2) is 28.0. The Labute approximate surface area is 581 Å². The van der Waals surface area contributed by atoms with E-state index in [1.807, 2.05) is 180 Å². The molecule has 0 unspecified atom stereocenters. The van der Waals surface area contributed by atoms with E-state index in [1.165, 1.54) is 0 Å². The van der Waals surface area contributed by atoms with E-state index in [0.29, 0.717) is 38.0 Å². The van der Waals surface area contributed by atoms with E-state index >= 15 is 0 Å². The number of halogens is 1. The van der Waals surface area contributed by atoms with Crippen molar-refractivity contribution in [1.29, 1.82) is 0 Å². The van der Waals surface area contributed by atoms with Gasteiger partial charge in [-0.2, -0.15) is 10.2 Å². The normalized spacial score (nSPS) is 17.9. The molecule has 0 saturated carbocycles. The molecule has 3 saturated heterocycles. The molecule has 4 aromatic carbocycles. The van der Waals surface area contributed by atoms with Gasteiger partial charge in [0.05, 0.1) is 107 Å².